The minimum Gasteiger partial charge on any atom is -0.485 e. The molecule has 1 aromatic heterocycles. The summed E-state index contributed by atoms with van der Waals surface area (Å²) in [5.74, 6) is 1.71. The van der Waals surface area contributed by atoms with E-state index >= 15 is 0 Å². The molecule has 0 radical (unpaired) electrons. The molecule has 9 nitrogen and oxygen atoms in total. The summed E-state index contributed by atoms with van der Waals surface area (Å²) in [6.07, 6.45) is 3.77. The van der Waals surface area contributed by atoms with Crippen LogP contribution in [-0.2, 0) is 16.1 Å². The highest BCUT2D eigenvalue weighted by Crippen LogP contribution is 2.41. The molecule has 0 bridgehead atoms. The van der Waals surface area contributed by atoms with Gasteiger partial charge in [0.2, 0.25) is 11.7 Å². The number of nitrogens with zero attached hydrogens (tertiary/aromatic N) is 3. The maximum atomic E-state index is 12.5. The Labute approximate surface area is 192 Å². The van der Waals surface area contributed by atoms with E-state index in [1.807, 2.05) is 24.3 Å². The minimum absolute atomic E-state index is 0.253. The van der Waals surface area contributed by atoms with Gasteiger partial charge in [-0.25, -0.2) is 0 Å². The maximum Gasteiger partial charge on any atom is 0.248 e. The summed E-state index contributed by atoms with van der Waals surface area (Å²) in [4.78, 5) is 12.5. The van der Waals surface area contributed by atoms with Crippen LogP contribution in [-0.4, -0.2) is 39.7 Å². The number of rotatable bonds is 9. The lowest BCUT2D eigenvalue weighted by molar-refractivity contribution is -0.111. The van der Waals surface area contributed by atoms with Crippen LogP contribution in [0.15, 0.2) is 48.5 Å². The number of ether oxygens (including phenoxy) is 3. The fourth-order valence-electron chi connectivity index (χ4n) is 3.20. The average molecular weight is 450 g/mol. The first-order valence-electron chi connectivity index (χ1n) is 10.9. The molecular weight excluding hydrogens is 422 g/mol. The normalized spacial score (nSPS) is 15.2. The highest BCUT2D eigenvalue weighted by atomic mass is 16.6. The van der Waals surface area contributed by atoms with Crippen molar-refractivity contribution in [2.45, 2.75) is 33.0 Å². The molecule has 33 heavy (non-hydrogen) atoms. The molecule has 2 aromatic carbocycles. The van der Waals surface area contributed by atoms with Crippen molar-refractivity contribution >= 4 is 17.7 Å². The number of nitrogens with one attached hydrogen (secondary N) is 2. The number of amides is 1. The molecule has 1 unspecified atom stereocenters. The molecular formula is C24H27N5O4. The number of para-hydroxylation sites is 1. The van der Waals surface area contributed by atoms with Gasteiger partial charge >= 0.3 is 0 Å². The van der Waals surface area contributed by atoms with E-state index in [1.54, 1.807) is 24.3 Å². The van der Waals surface area contributed by atoms with Crippen LogP contribution in [0.4, 0.5) is 5.69 Å². The molecule has 1 aliphatic rings. The van der Waals surface area contributed by atoms with Crippen LogP contribution in [0.2, 0.25) is 0 Å². The van der Waals surface area contributed by atoms with E-state index < -0.39 is 6.10 Å². The number of tetrazole rings is 1. The van der Waals surface area contributed by atoms with Crippen LogP contribution in [0, 0.1) is 5.92 Å². The standard InChI is InChI=1S/C24H27N5O4/c1-16(2)12-13-31-14-18-8-6-17(7-9-18)10-11-22(30)25-19-4-3-5-20-23(19)33-21(15-32-20)24-26-28-29-27-24/h3-11,16,21H,12-15H2,1-2H3,(H,25,30)(H,26,27,28,29). The van der Waals surface area contributed by atoms with Gasteiger partial charge in [0.05, 0.1) is 12.3 Å². The topological polar surface area (TPSA) is 111 Å². The zero-order chi connectivity index (χ0) is 23.0. The first-order chi connectivity index (χ1) is 16.1. The summed E-state index contributed by atoms with van der Waals surface area (Å²) in [6.45, 7) is 5.96. The first-order valence-corrected chi connectivity index (χ1v) is 10.9. The number of anilines is 1. The zero-order valence-electron chi connectivity index (χ0n) is 18.7. The number of benzene rings is 2. The maximum absolute atomic E-state index is 12.5. The van der Waals surface area contributed by atoms with Gasteiger partial charge in [-0.3, -0.25) is 4.79 Å². The smallest absolute Gasteiger partial charge is 0.248 e. The van der Waals surface area contributed by atoms with Crippen molar-refractivity contribution in [2.75, 3.05) is 18.5 Å². The van der Waals surface area contributed by atoms with Crippen molar-refractivity contribution in [1.82, 2.24) is 20.6 Å². The molecule has 2 N–H and O–H groups in total. The quantitative estimate of drug-likeness (QED) is 0.376. The molecule has 3 aromatic rings. The number of H-pyrrole nitrogens is 1. The number of aromatic nitrogens is 4. The fourth-order valence-corrected chi connectivity index (χ4v) is 3.20. The predicted octanol–water partition coefficient (Wildman–Crippen LogP) is 3.93. The summed E-state index contributed by atoms with van der Waals surface area (Å²) in [7, 11) is 0. The van der Waals surface area contributed by atoms with Gasteiger partial charge in [0.25, 0.3) is 0 Å². The van der Waals surface area contributed by atoms with Gasteiger partial charge in [0, 0.05) is 12.7 Å². The van der Waals surface area contributed by atoms with E-state index in [0.29, 0.717) is 35.5 Å². The molecule has 2 heterocycles. The highest BCUT2D eigenvalue weighted by molar-refractivity contribution is 6.03. The number of hydrogen-bond donors (Lipinski definition) is 2. The van der Waals surface area contributed by atoms with Gasteiger partial charge in [-0.2, -0.15) is 5.21 Å². The molecule has 4 rings (SSSR count). The predicted molar refractivity (Wildman–Crippen MR) is 123 cm³/mol. The molecule has 0 aliphatic carbocycles. The molecule has 1 amide bonds. The van der Waals surface area contributed by atoms with Crippen molar-refractivity contribution in [1.29, 1.82) is 0 Å². The molecule has 1 atom stereocenters. The summed E-state index contributed by atoms with van der Waals surface area (Å²) < 4.78 is 17.4. The van der Waals surface area contributed by atoms with Gasteiger partial charge in [-0.15, -0.1) is 10.2 Å². The van der Waals surface area contributed by atoms with Crippen LogP contribution in [0.5, 0.6) is 11.5 Å². The Morgan fingerprint density at radius 1 is 1.27 bits per heavy atom. The summed E-state index contributed by atoms with van der Waals surface area (Å²) >= 11 is 0. The molecule has 0 saturated carbocycles. The fraction of sp³-hybridized carbons (Fsp3) is 0.333. The van der Waals surface area contributed by atoms with E-state index in [0.717, 1.165) is 24.2 Å². The minimum atomic E-state index is -0.516. The molecule has 0 fully saturated rings. The second-order valence-corrected chi connectivity index (χ2v) is 8.12. The van der Waals surface area contributed by atoms with E-state index in [2.05, 4.69) is 39.8 Å². The molecule has 0 saturated heterocycles. The summed E-state index contributed by atoms with van der Waals surface area (Å²) in [5.41, 5.74) is 2.52. The van der Waals surface area contributed by atoms with Gasteiger partial charge in [0.1, 0.15) is 6.61 Å². The Morgan fingerprint density at radius 3 is 2.88 bits per heavy atom. The van der Waals surface area contributed by atoms with Gasteiger partial charge in [-0.1, -0.05) is 49.4 Å². The number of carbonyl (C=O) groups excluding carboxylic acids is 1. The Hall–Kier alpha value is -3.72. The lowest BCUT2D eigenvalue weighted by Crippen LogP contribution is -2.24. The van der Waals surface area contributed by atoms with E-state index in [1.165, 1.54) is 6.08 Å². The van der Waals surface area contributed by atoms with Gasteiger partial charge in [0.15, 0.2) is 17.6 Å². The van der Waals surface area contributed by atoms with Crippen LogP contribution in [0.25, 0.3) is 6.08 Å². The van der Waals surface area contributed by atoms with Crippen LogP contribution < -0.4 is 14.8 Å². The molecule has 172 valence electrons. The third kappa shape index (κ3) is 6.17. The third-order valence-electron chi connectivity index (χ3n) is 5.05. The average Bonchev–Trinajstić information content (AvgIpc) is 3.36. The molecule has 9 heteroatoms. The number of aromatic amines is 1. The Bertz CT molecular complexity index is 1080. The number of hydrogen-bond acceptors (Lipinski definition) is 7. The van der Waals surface area contributed by atoms with Gasteiger partial charge < -0.3 is 19.5 Å². The van der Waals surface area contributed by atoms with Crippen molar-refractivity contribution in [2.24, 2.45) is 5.92 Å². The number of fused-ring (bicyclic) bond motifs is 1. The highest BCUT2D eigenvalue weighted by Gasteiger charge is 2.28. The Kier molecular flexibility index (Phi) is 7.31. The SMILES string of the molecule is CC(C)CCOCc1ccc(C=CC(=O)Nc2cccc3c2OC(c2nn[nH]n2)CO3)cc1. The second-order valence-electron chi connectivity index (χ2n) is 8.12. The number of carbonyl (C=O) groups is 1. The first kappa shape index (κ1) is 22.5. The monoisotopic (exact) mass is 449 g/mol. The Morgan fingerprint density at radius 2 is 2.12 bits per heavy atom. The molecule has 1 aliphatic heterocycles. The summed E-state index contributed by atoms with van der Waals surface area (Å²) in [5, 5.41) is 16.7. The van der Waals surface area contributed by atoms with Gasteiger partial charge in [-0.05, 0) is 41.7 Å². The van der Waals surface area contributed by atoms with Crippen molar-refractivity contribution in [3.63, 3.8) is 0 Å². The van der Waals surface area contributed by atoms with Crippen molar-refractivity contribution in [3.05, 3.63) is 65.5 Å². The van der Waals surface area contributed by atoms with E-state index in [-0.39, 0.29) is 12.5 Å². The summed E-state index contributed by atoms with van der Waals surface area (Å²) in [6, 6.07) is 13.2. The third-order valence-corrected chi connectivity index (χ3v) is 5.05. The lowest BCUT2D eigenvalue weighted by Gasteiger charge is -2.26. The van der Waals surface area contributed by atoms with E-state index in [9.17, 15) is 4.79 Å². The van der Waals surface area contributed by atoms with E-state index in [4.69, 9.17) is 14.2 Å². The molecule has 0 spiro atoms. The zero-order valence-corrected chi connectivity index (χ0v) is 18.7. The van der Waals surface area contributed by atoms with Crippen LogP contribution in [0.1, 0.15) is 43.3 Å². The second kappa shape index (κ2) is 10.7. The van der Waals surface area contributed by atoms with Crippen molar-refractivity contribution < 1.29 is 19.0 Å². The van der Waals surface area contributed by atoms with Crippen LogP contribution >= 0.6 is 0 Å². The van der Waals surface area contributed by atoms with Crippen molar-refractivity contribution in [3.8, 4) is 11.5 Å². The van der Waals surface area contributed by atoms with Crippen LogP contribution in [0.3, 0.4) is 0 Å². The largest absolute Gasteiger partial charge is 0.485 e. The Balaban J connectivity index is 1.34. The lowest BCUT2D eigenvalue weighted by atomic mass is 10.1.